The fraction of sp³-hybridized carbons (Fsp3) is 0.600. The number of rotatable bonds is 5. The van der Waals surface area contributed by atoms with Gasteiger partial charge < -0.3 is 5.11 Å². The molecule has 0 aliphatic heterocycles. The van der Waals surface area contributed by atoms with Crippen molar-refractivity contribution in [2.75, 3.05) is 0 Å². The van der Waals surface area contributed by atoms with E-state index in [0.717, 1.165) is 0 Å². The van der Waals surface area contributed by atoms with Crippen LogP contribution in [0.3, 0.4) is 0 Å². The van der Waals surface area contributed by atoms with Gasteiger partial charge in [-0.2, -0.15) is 4.80 Å². The summed E-state index contributed by atoms with van der Waals surface area (Å²) in [5.41, 5.74) is 0.563. The van der Waals surface area contributed by atoms with Crippen molar-refractivity contribution in [1.82, 2.24) is 35.2 Å². The second kappa shape index (κ2) is 5.12. The van der Waals surface area contributed by atoms with E-state index in [1.807, 2.05) is 13.8 Å². The molecule has 0 spiro atoms. The van der Waals surface area contributed by atoms with Gasteiger partial charge in [-0.3, -0.25) is 0 Å². The highest BCUT2D eigenvalue weighted by atomic mass is 16.4. The lowest BCUT2D eigenvalue weighted by Gasteiger charge is -2.07. The minimum atomic E-state index is -1.07. The molecule has 0 amide bonds. The van der Waals surface area contributed by atoms with Crippen molar-refractivity contribution < 1.29 is 9.90 Å². The highest BCUT2D eigenvalue weighted by molar-refractivity contribution is 5.86. The summed E-state index contributed by atoms with van der Waals surface area (Å²) in [7, 11) is 1.66. The van der Waals surface area contributed by atoms with Crippen LogP contribution in [-0.2, 0) is 20.0 Å². The molecule has 9 heteroatoms. The fourth-order valence-corrected chi connectivity index (χ4v) is 1.74. The number of tetrazole rings is 1. The Morgan fingerprint density at radius 3 is 2.58 bits per heavy atom. The van der Waals surface area contributed by atoms with Gasteiger partial charge in [-0.15, -0.1) is 15.3 Å². The lowest BCUT2D eigenvalue weighted by molar-refractivity contribution is 0.0689. The molecule has 1 N–H and O–H groups in total. The van der Waals surface area contributed by atoms with Crippen molar-refractivity contribution in [2.45, 2.75) is 26.8 Å². The van der Waals surface area contributed by atoms with Crippen molar-refractivity contribution in [3.8, 4) is 0 Å². The van der Waals surface area contributed by atoms with Gasteiger partial charge in [0.1, 0.15) is 6.54 Å². The maximum atomic E-state index is 11.1. The van der Waals surface area contributed by atoms with E-state index < -0.39 is 5.97 Å². The van der Waals surface area contributed by atoms with Crippen LogP contribution >= 0.6 is 0 Å². The number of carboxylic acids is 1. The van der Waals surface area contributed by atoms with Gasteiger partial charge in [0.2, 0.25) is 0 Å². The van der Waals surface area contributed by atoms with Gasteiger partial charge in [0.05, 0.1) is 12.7 Å². The Morgan fingerprint density at radius 2 is 2.05 bits per heavy atom. The number of hydrogen-bond donors (Lipinski definition) is 1. The second-order valence-corrected chi connectivity index (χ2v) is 4.64. The summed E-state index contributed by atoms with van der Waals surface area (Å²) in [5.74, 6) is -0.312. The molecule has 2 aromatic heterocycles. The summed E-state index contributed by atoms with van der Waals surface area (Å²) >= 11 is 0. The van der Waals surface area contributed by atoms with Crippen LogP contribution < -0.4 is 0 Å². The molecular formula is C10H15N7O2. The Bertz CT molecular complexity index is 586. The van der Waals surface area contributed by atoms with E-state index in [2.05, 4.69) is 25.7 Å². The van der Waals surface area contributed by atoms with Gasteiger partial charge in [-0.25, -0.2) is 9.48 Å². The number of aryl methyl sites for hydroxylation is 1. The van der Waals surface area contributed by atoms with E-state index in [1.165, 1.54) is 9.48 Å². The quantitative estimate of drug-likeness (QED) is 0.793. The van der Waals surface area contributed by atoms with Crippen LogP contribution in [0, 0.1) is 5.92 Å². The topological polar surface area (TPSA) is 112 Å². The Kier molecular flexibility index (Phi) is 3.54. The SMILES string of the molecule is CC(C)Cc1c(C(=O)O)nnn1Cc1nnn(C)n1. The first-order valence-corrected chi connectivity index (χ1v) is 5.86. The Balaban J connectivity index is 2.31. The van der Waals surface area contributed by atoms with Crippen LogP contribution in [0.25, 0.3) is 0 Å². The molecule has 0 aliphatic rings. The molecule has 0 unspecified atom stereocenters. The summed E-state index contributed by atoms with van der Waals surface area (Å²) in [6.45, 7) is 4.27. The van der Waals surface area contributed by atoms with Gasteiger partial charge >= 0.3 is 5.97 Å². The minimum Gasteiger partial charge on any atom is -0.476 e. The van der Waals surface area contributed by atoms with Crippen molar-refractivity contribution >= 4 is 5.97 Å². The first kappa shape index (κ1) is 13.1. The average molecular weight is 265 g/mol. The second-order valence-electron chi connectivity index (χ2n) is 4.64. The average Bonchev–Trinajstić information content (AvgIpc) is 2.87. The third-order valence-electron chi connectivity index (χ3n) is 2.48. The van der Waals surface area contributed by atoms with Gasteiger partial charge in [-0.1, -0.05) is 19.1 Å². The molecule has 0 fully saturated rings. The smallest absolute Gasteiger partial charge is 0.358 e. The first-order valence-electron chi connectivity index (χ1n) is 5.86. The van der Waals surface area contributed by atoms with E-state index in [-0.39, 0.29) is 12.2 Å². The van der Waals surface area contributed by atoms with Crippen molar-refractivity contribution in [2.24, 2.45) is 13.0 Å². The largest absolute Gasteiger partial charge is 0.476 e. The summed E-state index contributed by atoms with van der Waals surface area (Å²) in [6.07, 6.45) is 0.578. The van der Waals surface area contributed by atoms with E-state index in [9.17, 15) is 4.79 Å². The van der Waals surface area contributed by atoms with Gasteiger partial charge in [-0.05, 0) is 17.6 Å². The summed E-state index contributed by atoms with van der Waals surface area (Å²) in [4.78, 5) is 12.4. The van der Waals surface area contributed by atoms with Crippen LogP contribution in [0.5, 0.6) is 0 Å². The first-order chi connectivity index (χ1) is 8.97. The number of hydrogen-bond acceptors (Lipinski definition) is 6. The molecule has 9 nitrogen and oxygen atoms in total. The van der Waals surface area contributed by atoms with Crippen molar-refractivity contribution in [3.05, 3.63) is 17.2 Å². The van der Waals surface area contributed by atoms with E-state index in [0.29, 0.717) is 23.9 Å². The third kappa shape index (κ3) is 2.92. The molecule has 2 rings (SSSR count). The maximum Gasteiger partial charge on any atom is 0.358 e. The number of aromatic carboxylic acids is 1. The van der Waals surface area contributed by atoms with Crippen molar-refractivity contribution in [3.63, 3.8) is 0 Å². The lowest BCUT2D eigenvalue weighted by atomic mass is 10.1. The predicted molar refractivity (Wildman–Crippen MR) is 63.4 cm³/mol. The van der Waals surface area contributed by atoms with Gasteiger partial charge in [0, 0.05) is 0 Å². The number of carbonyl (C=O) groups is 1. The van der Waals surface area contributed by atoms with Crippen LogP contribution in [0.2, 0.25) is 0 Å². The molecule has 102 valence electrons. The fourth-order valence-electron chi connectivity index (χ4n) is 1.74. The molecule has 0 aliphatic carbocycles. The van der Waals surface area contributed by atoms with E-state index >= 15 is 0 Å². The predicted octanol–water partition coefficient (Wildman–Crippen LogP) is -0.253. The van der Waals surface area contributed by atoms with E-state index in [1.54, 1.807) is 7.05 Å². The van der Waals surface area contributed by atoms with Gasteiger partial charge in [0.25, 0.3) is 0 Å². The highest BCUT2D eigenvalue weighted by Gasteiger charge is 2.20. The van der Waals surface area contributed by atoms with Crippen LogP contribution in [-0.4, -0.2) is 46.3 Å². The molecule has 0 aromatic carbocycles. The Morgan fingerprint density at radius 1 is 1.32 bits per heavy atom. The monoisotopic (exact) mass is 265 g/mol. The van der Waals surface area contributed by atoms with Gasteiger partial charge in [0.15, 0.2) is 11.5 Å². The molecule has 2 aromatic rings. The molecule has 0 saturated heterocycles. The molecular weight excluding hydrogens is 250 g/mol. The van der Waals surface area contributed by atoms with Crippen LogP contribution in [0.4, 0.5) is 0 Å². The van der Waals surface area contributed by atoms with E-state index in [4.69, 9.17) is 5.11 Å². The molecule has 19 heavy (non-hydrogen) atoms. The molecule has 0 saturated carbocycles. The molecule has 0 atom stereocenters. The summed E-state index contributed by atoms with van der Waals surface area (Å²) in [5, 5.41) is 28.3. The zero-order valence-corrected chi connectivity index (χ0v) is 11.0. The number of nitrogens with zero attached hydrogens (tertiary/aromatic N) is 7. The Hall–Kier alpha value is -2.32. The molecule has 2 heterocycles. The zero-order valence-electron chi connectivity index (χ0n) is 11.0. The normalized spacial score (nSPS) is 11.2. The Labute approximate surface area is 109 Å². The third-order valence-corrected chi connectivity index (χ3v) is 2.48. The lowest BCUT2D eigenvalue weighted by Crippen LogP contribution is -2.12. The minimum absolute atomic E-state index is 0.0161. The van der Waals surface area contributed by atoms with Crippen molar-refractivity contribution in [1.29, 1.82) is 0 Å². The van der Waals surface area contributed by atoms with Crippen LogP contribution in [0.1, 0.15) is 35.9 Å². The highest BCUT2D eigenvalue weighted by Crippen LogP contribution is 2.12. The number of carboxylic acid groups (broad SMARTS) is 1. The summed E-state index contributed by atoms with van der Waals surface area (Å²) in [6, 6.07) is 0. The standard InChI is InChI=1S/C10H15N7O2/c1-6(2)4-7-9(10(18)19)12-15-17(7)5-8-11-14-16(3)13-8/h6H,4-5H2,1-3H3,(H,18,19). The maximum absolute atomic E-state index is 11.1. The molecule has 0 bridgehead atoms. The summed E-state index contributed by atoms with van der Waals surface area (Å²) < 4.78 is 1.51. The molecule has 0 radical (unpaired) electrons. The zero-order chi connectivity index (χ0) is 14.0. The number of aromatic nitrogens is 7. The van der Waals surface area contributed by atoms with Crippen LogP contribution in [0.15, 0.2) is 0 Å².